The number of carbonyl (C=O) groups excluding carboxylic acids is 2. The molecule has 0 aromatic heterocycles. The molecule has 6 nitrogen and oxygen atoms in total. The van der Waals surface area contributed by atoms with Gasteiger partial charge in [0.1, 0.15) is 11.5 Å². The quantitative estimate of drug-likeness (QED) is 0.654. The minimum absolute atomic E-state index is 0.0767. The molecule has 0 aliphatic carbocycles. The number of carbonyl (C=O) groups is 2. The molecule has 0 saturated heterocycles. The predicted octanol–water partition coefficient (Wildman–Crippen LogP) is 2.58. The molecule has 0 radical (unpaired) electrons. The van der Waals surface area contributed by atoms with Crippen LogP contribution in [0, 0.1) is 0 Å². The number of nitrogens with one attached hydrogen (secondary N) is 2. The molecule has 0 fully saturated rings. The van der Waals surface area contributed by atoms with Crippen LogP contribution in [0.15, 0.2) is 54.6 Å². The van der Waals surface area contributed by atoms with Gasteiger partial charge in [-0.3, -0.25) is 9.59 Å². The van der Waals surface area contributed by atoms with E-state index in [4.69, 9.17) is 9.47 Å². The summed E-state index contributed by atoms with van der Waals surface area (Å²) in [7, 11) is 3.20. The van der Waals surface area contributed by atoms with Gasteiger partial charge in [0, 0.05) is 12.6 Å². The van der Waals surface area contributed by atoms with E-state index in [1.54, 1.807) is 14.2 Å². The molecule has 28 heavy (non-hydrogen) atoms. The van der Waals surface area contributed by atoms with Crippen LogP contribution < -0.4 is 20.1 Å². The summed E-state index contributed by atoms with van der Waals surface area (Å²) >= 11 is 0. The molecule has 148 valence electrons. The minimum atomic E-state index is -0.300. The van der Waals surface area contributed by atoms with E-state index in [0.717, 1.165) is 28.2 Å². The zero-order valence-corrected chi connectivity index (χ0v) is 16.5. The number of hydrogen-bond acceptors (Lipinski definition) is 4. The van der Waals surface area contributed by atoms with Crippen molar-refractivity contribution in [2.24, 2.45) is 0 Å². The summed E-state index contributed by atoms with van der Waals surface area (Å²) in [6, 6.07) is 15.1. The Hall–Kier alpha value is -3.28. The number of benzene rings is 2. The summed E-state index contributed by atoms with van der Waals surface area (Å²) in [6.07, 6.45) is 2.08. The number of amides is 2. The largest absolute Gasteiger partial charge is 0.497 e. The van der Waals surface area contributed by atoms with E-state index in [-0.39, 0.29) is 18.4 Å². The van der Waals surface area contributed by atoms with Crippen molar-refractivity contribution in [3.05, 3.63) is 65.7 Å². The third-order valence-electron chi connectivity index (χ3n) is 4.20. The van der Waals surface area contributed by atoms with Gasteiger partial charge in [-0.25, -0.2) is 0 Å². The van der Waals surface area contributed by atoms with Crippen molar-refractivity contribution in [2.45, 2.75) is 13.3 Å². The maximum absolute atomic E-state index is 12.0. The molecule has 2 rings (SSSR count). The van der Waals surface area contributed by atoms with Gasteiger partial charge in [0.05, 0.1) is 20.8 Å². The number of hydrogen-bond donors (Lipinski definition) is 2. The van der Waals surface area contributed by atoms with Crippen LogP contribution >= 0.6 is 0 Å². The van der Waals surface area contributed by atoms with Crippen LogP contribution in [0.1, 0.15) is 18.1 Å². The van der Waals surface area contributed by atoms with Crippen LogP contribution in [-0.4, -0.2) is 39.1 Å². The van der Waals surface area contributed by atoms with Gasteiger partial charge in [0.25, 0.3) is 0 Å². The second kappa shape index (κ2) is 10.8. The van der Waals surface area contributed by atoms with Gasteiger partial charge >= 0.3 is 0 Å². The van der Waals surface area contributed by atoms with Gasteiger partial charge in [-0.2, -0.15) is 0 Å². The molecule has 0 saturated carbocycles. The summed E-state index contributed by atoms with van der Waals surface area (Å²) in [6.45, 7) is 2.21. The highest BCUT2D eigenvalue weighted by molar-refractivity contribution is 5.96. The van der Waals surface area contributed by atoms with E-state index in [9.17, 15) is 9.59 Å². The minimum Gasteiger partial charge on any atom is -0.497 e. The summed E-state index contributed by atoms with van der Waals surface area (Å²) in [4.78, 5) is 24.0. The van der Waals surface area contributed by atoms with Crippen molar-refractivity contribution in [2.75, 3.05) is 27.3 Å². The average molecular weight is 382 g/mol. The SMILES string of the molecule is COc1ccc(OC)c(CCNC(=O)CNC(=O)/C=C(\C)c2ccccc2)c1. The Kier molecular flexibility index (Phi) is 8.09. The summed E-state index contributed by atoms with van der Waals surface area (Å²) < 4.78 is 10.5. The third kappa shape index (κ3) is 6.46. The van der Waals surface area contributed by atoms with Crippen LogP contribution in [0.5, 0.6) is 11.5 Å². The first-order valence-corrected chi connectivity index (χ1v) is 9.02. The molecule has 0 aliphatic heterocycles. The lowest BCUT2D eigenvalue weighted by molar-refractivity contribution is -0.123. The molecule has 0 atom stereocenters. The average Bonchev–Trinajstić information content (AvgIpc) is 2.72. The third-order valence-corrected chi connectivity index (χ3v) is 4.20. The van der Waals surface area contributed by atoms with E-state index in [1.807, 2.05) is 55.5 Å². The van der Waals surface area contributed by atoms with Gasteiger partial charge in [-0.15, -0.1) is 0 Å². The van der Waals surface area contributed by atoms with Crippen LogP contribution in [0.3, 0.4) is 0 Å². The fourth-order valence-electron chi connectivity index (χ4n) is 2.68. The second-order valence-corrected chi connectivity index (χ2v) is 6.19. The first-order chi connectivity index (χ1) is 13.5. The molecule has 0 aliphatic rings. The summed E-state index contributed by atoms with van der Waals surface area (Å²) in [5, 5.41) is 5.39. The Morgan fingerprint density at radius 1 is 1.00 bits per heavy atom. The molecule has 6 heteroatoms. The van der Waals surface area contributed by atoms with Gasteiger partial charge in [-0.05, 0) is 48.2 Å². The zero-order chi connectivity index (χ0) is 20.4. The maximum Gasteiger partial charge on any atom is 0.244 e. The number of rotatable bonds is 9. The van der Waals surface area contributed by atoms with Crippen LogP contribution in [0.2, 0.25) is 0 Å². The van der Waals surface area contributed by atoms with E-state index in [0.29, 0.717) is 13.0 Å². The van der Waals surface area contributed by atoms with Crippen molar-refractivity contribution in [1.82, 2.24) is 10.6 Å². The van der Waals surface area contributed by atoms with Crippen LogP contribution in [-0.2, 0) is 16.0 Å². The zero-order valence-electron chi connectivity index (χ0n) is 16.5. The molecule has 0 spiro atoms. The van der Waals surface area contributed by atoms with E-state index >= 15 is 0 Å². The van der Waals surface area contributed by atoms with E-state index in [1.165, 1.54) is 6.08 Å². The van der Waals surface area contributed by atoms with E-state index in [2.05, 4.69) is 10.6 Å². The standard InChI is InChI=1S/C22H26N2O4/c1-16(17-7-5-4-6-8-17)13-21(25)24-15-22(26)23-12-11-18-14-19(27-2)9-10-20(18)28-3/h4-10,13-14H,11-12,15H2,1-3H3,(H,23,26)(H,24,25)/b16-13+. The Bertz CT molecular complexity index is 832. The maximum atomic E-state index is 12.0. The fraction of sp³-hybridized carbons (Fsp3) is 0.273. The van der Waals surface area contributed by atoms with Crippen molar-refractivity contribution >= 4 is 17.4 Å². The normalized spacial score (nSPS) is 10.9. The highest BCUT2D eigenvalue weighted by atomic mass is 16.5. The van der Waals surface area contributed by atoms with Crippen LogP contribution in [0.25, 0.3) is 5.57 Å². The molecule has 2 aromatic rings. The second-order valence-electron chi connectivity index (χ2n) is 6.19. The highest BCUT2D eigenvalue weighted by Gasteiger charge is 2.07. The Labute approximate surface area is 165 Å². The Morgan fingerprint density at radius 3 is 2.43 bits per heavy atom. The van der Waals surface area contributed by atoms with Gasteiger partial charge in [0.15, 0.2) is 0 Å². The molecule has 0 unspecified atom stereocenters. The van der Waals surface area contributed by atoms with Gasteiger partial charge < -0.3 is 20.1 Å². The predicted molar refractivity (Wildman–Crippen MR) is 109 cm³/mol. The molecular weight excluding hydrogens is 356 g/mol. The lowest BCUT2D eigenvalue weighted by Crippen LogP contribution is -2.37. The van der Waals surface area contributed by atoms with Gasteiger partial charge in [-0.1, -0.05) is 30.3 Å². The number of ether oxygens (including phenoxy) is 2. The summed E-state index contributed by atoms with van der Waals surface area (Å²) in [5.41, 5.74) is 2.74. The van der Waals surface area contributed by atoms with Crippen molar-refractivity contribution in [3.8, 4) is 11.5 Å². The molecule has 2 aromatic carbocycles. The molecular formula is C22H26N2O4. The Balaban J connectivity index is 1.78. The van der Waals surface area contributed by atoms with Gasteiger partial charge in [0.2, 0.25) is 11.8 Å². The first kappa shape index (κ1) is 21.0. The lowest BCUT2D eigenvalue weighted by Gasteiger charge is -2.11. The van der Waals surface area contributed by atoms with Crippen LogP contribution in [0.4, 0.5) is 0 Å². The monoisotopic (exact) mass is 382 g/mol. The molecule has 2 N–H and O–H groups in total. The topological polar surface area (TPSA) is 76.7 Å². The smallest absolute Gasteiger partial charge is 0.244 e. The highest BCUT2D eigenvalue weighted by Crippen LogP contribution is 2.24. The summed E-state index contributed by atoms with van der Waals surface area (Å²) in [5.74, 6) is 0.923. The fourth-order valence-corrected chi connectivity index (χ4v) is 2.68. The van der Waals surface area contributed by atoms with Crippen molar-refractivity contribution < 1.29 is 19.1 Å². The first-order valence-electron chi connectivity index (χ1n) is 9.02. The molecule has 2 amide bonds. The van der Waals surface area contributed by atoms with E-state index < -0.39 is 0 Å². The Morgan fingerprint density at radius 2 is 1.75 bits per heavy atom. The number of methoxy groups -OCH3 is 2. The van der Waals surface area contributed by atoms with Crippen molar-refractivity contribution in [1.29, 1.82) is 0 Å². The lowest BCUT2D eigenvalue weighted by atomic mass is 10.1. The van der Waals surface area contributed by atoms with Crippen molar-refractivity contribution in [3.63, 3.8) is 0 Å². The number of allylic oxidation sites excluding steroid dienone is 1. The molecule has 0 bridgehead atoms. The molecule has 0 heterocycles.